The Morgan fingerprint density at radius 2 is 1.89 bits per heavy atom. The molecule has 4 rings (SSSR count). The molecule has 0 unspecified atom stereocenters. The first kappa shape index (κ1) is 19.1. The van der Waals surface area contributed by atoms with Crippen LogP contribution in [0.15, 0.2) is 48.8 Å². The molecule has 2 heterocycles. The van der Waals surface area contributed by atoms with Crippen molar-refractivity contribution in [3.05, 3.63) is 54.4 Å². The molecule has 0 saturated carbocycles. The number of hydrogen-bond acceptors (Lipinski definition) is 4. The third-order valence-electron chi connectivity index (χ3n) is 5.55. The summed E-state index contributed by atoms with van der Waals surface area (Å²) in [7, 11) is -0.162. The van der Waals surface area contributed by atoms with Gasteiger partial charge in [-0.25, -0.2) is 17.7 Å². The smallest absolute Gasteiger partial charge is 0.214 e. The molecule has 1 aliphatic heterocycles. The fourth-order valence-electron chi connectivity index (χ4n) is 3.91. The second-order valence-electron chi connectivity index (χ2n) is 7.56. The minimum absolute atomic E-state index is 0.0627. The van der Waals surface area contributed by atoms with E-state index < -0.39 is 10.0 Å². The van der Waals surface area contributed by atoms with E-state index in [2.05, 4.69) is 40.7 Å². The van der Waals surface area contributed by atoms with Crippen molar-refractivity contribution in [2.75, 3.05) is 33.1 Å². The zero-order valence-corrected chi connectivity index (χ0v) is 17.2. The van der Waals surface area contributed by atoms with E-state index in [4.69, 9.17) is 4.74 Å². The number of hydrogen-bond donors (Lipinski definition) is 0. The molecule has 0 amide bonds. The monoisotopic (exact) mass is 399 g/mol. The van der Waals surface area contributed by atoms with E-state index in [9.17, 15) is 8.42 Å². The van der Waals surface area contributed by atoms with Crippen LogP contribution in [0.2, 0.25) is 0 Å². The highest BCUT2D eigenvalue weighted by molar-refractivity contribution is 7.89. The summed E-state index contributed by atoms with van der Waals surface area (Å²) in [6.07, 6.45) is 3.71. The molecular formula is C21H25N3O3S. The molecule has 6 nitrogen and oxygen atoms in total. The number of aromatic nitrogens is 2. The maximum atomic E-state index is 12.4. The van der Waals surface area contributed by atoms with Crippen molar-refractivity contribution in [3.8, 4) is 11.4 Å². The molecule has 0 aliphatic carbocycles. The normalized spacial score (nSPS) is 20.3. The molecule has 148 valence electrons. The van der Waals surface area contributed by atoms with Crippen molar-refractivity contribution in [2.24, 2.45) is 5.92 Å². The Balaban J connectivity index is 1.75. The van der Waals surface area contributed by atoms with Crippen molar-refractivity contribution < 1.29 is 13.2 Å². The molecule has 7 heteroatoms. The summed E-state index contributed by atoms with van der Waals surface area (Å²) in [5.74, 6) is 0.799. The van der Waals surface area contributed by atoms with Crippen LogP contribution in [0.5, 0.6) is 0 Å². The first-order valence-corrected chi connectivity index (χ1v) is 11.0. The largest absolute Gasteiger partial charge is 0.379 e. The second kappa shape index (κ2) is 7.31. The number of benzene rings is 2. The maximum absolute atomic E-state index is 12.4. The van der Waals surface area contributed by atoms with E-state index in [1.807, 2.05) is 18.3 Å². The van der Waals surface area contributed by atoms with Crippen LogP contribution in [0, 0.1) is 12.8 Å². The van der Waals surface area contributed by atoms with Crippen LogP contribution in [0.1, 0.15) is 11.6 Å². The average molecular weight is 400 g/mol. The van der Waals surface area contributed by atoms with E-state index in [1.165, 1.54) is 15.3 Å². The van der Waals surface area contributed by atoms with E-state index in [0.717, 1.165) is 16.8 Å². The quantitative estimate of drug-likeness (QED) is 0.661. The van der Waals surface area contributed by atoms with E-state index in [-0.39, 0.29) is 17.7 Å². The SMILES string of the molecule is Cc1ccc(-c2nccn2[C@@H]2COC[C@@H]2CS(=O)(=O)N(C)C)c2ccccc12. The number of imidazole rings is 1. The van der Waals surface area contributed by atoms with Gasteiger partial charge in [-0.2, -0.15) is 0 Å². The van der Waals surface area contributed by atoms with Crippen LogP contribution < -0.4 is 0 Å². The minimum atomic E-state index is -3.30. The summed E-state index contributed by atoms with van der Waals surface area (Å²) in [5.41, 5.74) is 2.27. The van der Waals surface area contributed by atoms with Gasteiger partial charge in [0.05, 0.1) is 25.0 Å². The molecule has 1 saturated heterocycles. The predicted octanol–water partition coefficient (Wildman–Crippen LogP) is 3.09. The fraction of sp³-hybridized carbons (Fsp3) is 0.381. The number of sulfonamides is 1. The number of fused-ring (bicyclic) bond motifs is 1. The molecule has 2 atom stereocenters. The van der Waals surface area contributed by atoms with E-state index in [0.29, 0.717) is 13.2 Å². The lowest BCUT2D eigenvalue weighted by Gasteiger charge is -2.23. The number of aryl methyl sites for hydroxylation is 1. The third kappa shape index (κ3) is 3.34. The van der Waals surface area contributed by atoms with Gasteiger partial charge in [-0.1, -0.05) is 36.4 Å². The van der Waals surface area contributed by atoms with Crippen LogP contribution in [-0.4, -0.2) is 55.3 Å². The van der Waals surface area contributed by atoms with Gasteiger partial charge in [-0.05, 0) is 23.3 Å². The Kier molecular flexibility index (Phi) is 4.99. The zero-order valence-electron chi connectivity index (χ0n) is 16.4. The fourth-order valence-corrected chi connectivity index (χ4v) is 5.07. The van der Waals surface area contributed by atoms with Crippen LogP contribution in [0.4, 0.5) is 0 Å². The molecule has 0 N–H and O–H groups in total. The van der Waals surface area contributed by atoms with Crippen molar-refractivity contribution in [2.45, 2.75) is 13.0 Å². The van der Waals surface area contributed by atoms with Gasteiger partial charge in [0.2, 0.25) is 10.0 Å². The van der Waals surface area contributed by atoms with Gasteiger partial charge >= 0.3 is 0 Å². The van der Waals surface area contributed by atoms with Crippen molar-refractivity contribution in [1.29, 1.82) is 0 Å². The summed E-state index contributed by atoms with van der Waals surface area (Å²) in [6.45, 7) is 3.02. The van der Waals surface area contributed by atoms with Gasteiger partial charge in [0.1, 0.15) is 5.82 Å². The highest BCUT2D eigenvalue weighted by Crippen LogP contribution is 2.35. The molecule has 28 heavy (non-hydrogen) atoms. The Bertz CT molecular complexity index is 1110. The molecule has 1 aliphatic rings. The van der Waals surface area contributed by atoms with Crippen LogP contribution >= 0.6 is 0 Å². The van der Waals surface area contributed by atoms with Crippen molar-refractivity contribution in [3.63, 3.8) is 0 Å². The lowest BCUT2D eigenvalue weighted by molar-refractivity contribution is 0.182. The maximum Gasteiger partial charge on any atom is 0.214 e. The standard InChI is InChI=1S/C21H25N3O3S/c1-15-8-9-19(18-7-5-4-6-17(15)18)21-22-10-11-24(21)20-13-27-12-16(20)14-28(25,26)23(2)3/h4-11,16,20H,12-14H2,1-3H3/t16-,20-/m1/s1. The van der Waals surface area contributed by atoms with Crippen LogP contribution in [0.25, 0.3) is 22.2 Å². The number of rotatable bonds is 5. The third-order valence-corrected chi connectivity index (χ3v) is 7.52. The van der Waals surface area contributed by atoms with Gasteiger partial charge in [-0.15, -0.1) is 0 Å². The second-order valence-corrected chi connectivity index (χ2v) is 9.79. The van der Waals surface area contributed by atoms with Gasteiger partial charge in [0, 0.05) is 38.0 Å². The molecule has 1 aromatic heterocycles. The number of ether oxygens (including phenoxy) is 1. The summed E-state index contributed by atoms with van der Waals surface area (Å²) in [4.78, 5) is 4.62. The van der Waals surface area contributed by atoms with Crippen molar-refractivity contribution in [1.82, 2.24) is 13.9 Å². The summed E-state index contributed by atoms with van der Waals surface area (Å²) >= 11 is 0. The Hall–Kier alpha value is -2.22. The van der Waals surface area contributed by atoms with Gasteiger partial charge in [0.25, 0.3) is 0 Å². The van der Waals surface area contributed by atoms with Gasteiger partial charge < -0.3 is 9.30 Å². The van der Waals surface area contributed by atoms with Crippen LogP contribution in [0.3, 0.4) is 0 Å². The highest BCUT2D eigenvalue weighted by Gasteiger charge is 2.35. The predicted molar refractivity (Wildman–Crippen MR) is 111 cm³/mol. The van der Waals surface area contributed by atoms with Crippen LogP contribution in [-0.2, 0) is 14.8 Å². The van der Waals surface area contributed by atoms with E-state index in [1.54, 1.807) is 20.3 Å². The Morgan fingerprint density at radius 1 is 1.14 bits per heavy atom. The first-order valence-electron chi connectivity index (χ1n) is 9.38. The molecule has 2 aromatic carbocycles. The zero-order chi connectivity index (χ0) is 19.9. The Morgan fingerprint density at radius 3 is 2.64 bits per heavy atom. The molecule has 0 spiro atoms. The summed E-state index contributed by atoms with van der Waals surface area (Å²) in [6, 6.07) is 12.4. The summed E-state index contributed by atoms with van der Waals surface area (Å²) < 4.78 is 33.9. The molecule has 0 radical (unpaired) electrons. The molecule has 1 fully saturated rings. The Labute approximate surface area is 165 Å². The first-order chi connectivity index (χ1) is 13.4. The van der Waals surface area contributed by atoms with Gasteiger partial charge in [-0.3, -0.25) is 0 Å². The molecule has 3 aromatic rings. The lowest BCUT2D eigenvalue weighted by atomic mass is 9.99. The number of nitrogens with zero attached hydrogens (tertiary/aromatic N) is 3. The lowest BCUT2D eigenvalue weighted by Crippen LogP contribution is -2.32. The molecule has 0 bridgehead atoms. The topological polar surface area (TPSA) is 64.4 Å². The summed E-state index contributed by atoms with van der Waals surface area (Å²) in [5, 5.41) is 2.34. The molecular weight excluding hydrogens is 374 g/mol. The van der Waals surface area contributed by atoms with Crippen molar-refractivity contribution >= 4 is 20.8 Å². The average Bonchev–Trinajstić information content (AvgIpc) is 3.31. The van der Waals surface area contributed by atoms with Gasteiger partial charge in [0.15, 0.2) is 0 Å². The van der Waals surface area contributed by atoms with E-state index >= 15 is 0 Å². The highest BCUT2D eigenvalue weighted by atomic mass is 32.2. The minimum Gasteiger partial charge on any atom is -0.379 e.